The van der Waals surface area contributed by atoms with E-state index in [2.05, 4.69) is 38.2 Å². The lowest BCUT2D eigenvalue weighted by Gasteiger charge is -2.37. The molecule has 1 aromatic rings. The van der Waals surface area contributed by atoms with Crippen LogP contribution in [0.4, 0.5) is 0 Å². The number of benzene rings is 1. The summed E-state index contributed by atoms with van der Waals surface area (Å²) < 4.78 is 0. The molecule has 1 aromatic carbocycles. The van der Waals surface area contributed by atoms with Crippen LogP contribution in [0, 0.1) is 10.8 Å². The van der Waals surface area contributed by atoms with E-state index in [-0.39, 0.29) is 5.41 Å². The van der Waals surface area contributed by atoms with Gasteiger partial charge in [-0.1, -0.05) is 57.7 Å². The zero-order chi connectivity index (χ0) is 15.1. The first-order chi connectivity index (χ1) is 9.90. The summed E-state index contributed by atoms with van der Waals surface area (Å²) in [5.74, 6) is 0. The molecule has 1 N–H and O–H groups in total. The first-order valence-corrected chi connectivity index (χ1v) is 8.79. The molecule has 0 aliphatic heterocycles. The van der Waals surface area contributed by atoms with Crippen molar-refractivity contribution in [3.05, 3.63) is 34.3 Å². The summed E-state index contributed by atoms with van der Waals surface area (Å²) >= 11 is 6.23. The fourth-order valence-corrected chi connectivity index (χ4v) is 4.51. The highest BCUT2D eigenvalue weighted by molar-refractivity contribution is 6.30. The van der Waals surface area contributed by atoms with Gasteiger partial charge in [0.15, 0.2) is 0 Å². The lowest BCUT2D eigenvalue weighted by molar-refractivity contribution is 0.175. The maximum atomic E-state index is 6.23. The molecular weight excluding hydrogens is 278 g/mol. The SMILES string of the molecule is CC1(CNC2c3cc(Cl)ccc3CC2(C)C)CCCCC1. The third-order valence-electron chi connectivity index (χ3n) is 5.64. The van der Waals surface area contributed by atoms with E-state index in [0.717, 1.165) is 18.0 Å². The molecule has 0 aromatic heterocycles. The van der Waals surface area contributed by atoms with Crippen LogP contribution in [0.2, 0.25) is 5.02 Å². The van der Waals surface area contributed by atoms with Crippen LogP contribution in [0.15, 0.2) is 18.2 Å². The topological polar surface area (TPSA) is 12.0 Å². The number of halogens is 1. The van der Waals surface area contributed by atoms with E-state index < -0.39 is 0 Å². The van der Waals surface area contributed by atoms with Gasteiger partial charge in [0.25, 0.3) is 0 Å². The summed E-state index contributed by atoms with van der Waals surface area (Å²) in [5, 5.41) is 4.77. The molecule has 0 amide bonds. The van der Waals surface area contributed by atoms with Crippen molar-refractivity contribution in [3.63, 3.8) is 0 Å². The van der Waals surface area contributed by atoms with Crippen molar-refractivity contribution in [1.82, 2.24) is 5.32 Å². The fourth-order valence-electron chi connectivity index (χ4n) is 4.33. The monoisotopic (exact) mass is 305 g/mol. The second-order valence-electron chi connectivity index (χ2n) is 8.19. The van der Waals surface area contributed by atoms with Gasteiger partial charge in [-0.25, -0.2) is 0 Å². The van der Waals surface area contributed by atoms with Gasteiger partial charge in [0, 0.05) is 17.6 Å². The Bertz CT molecular complexity index is 514. The Morgan fingerprint density at radius 2 is 1.86 bits per heavy atom. The Kier molecular flexibility index (Phi) is 4.09. The molecule has 0 saturated heterocycles. The van der Waals surface area contributed by atoms with Gasteiger partial charge in [-0.2, -0.15) is 0 Å². The zero-order valence-electron chi connectivity index (χ0n) is 13.6. The van der Waals surface area contributed by atoms with E-state index in [1.807, 2.05) is 6.07 Å². The van der Waals surface area contributed by atoms with Crippen molar-refractivity contribution in [2.24, 2.45) is 10.8 Å². The van der Waals surface area contributed by atoms with Crippen LogP contribution >= 0.6 is 11.6 Å². The number of rotatable bonds is 3. The average Bonchev–Trinajstić information content (AvgIpc) is 2.67. The number of nitrogens with one attached hydrogen (secondary N) is 1. The van der Waals surface area contributed by atoms with Crippen molar-refractivity contribution in [1.29, 1.82) is 0 Å². The average molecular weight is 306 g/mol. The molecule has 0 radical (unpaired) electrons. The minimum atomic E-state index is 0.276. The number of fused-ring (bicyclic) bond motifs is 1. The Labute approximate surface area is 134 Å². The first-order valence-electron chi connectivity index (χ1n) is 8.41. The molecule has 1 atom stereocenters. The molecule has 21 heavy (non-hydrogen) atoms. The van der Waals surface area contributed by atoms with Crippen LogP contribution in [0.25, 0.3) is 0 Å². The molecule has 2 aliphatic rings. The van der Waals surface area contributed by atoms with Gasteiger partial charge < -0.3 is 5.32 Å². The van der Waals surface area contributed by atoms with Crippen LogP contribution < -0.4 is 5.32 Å². The Morgan fingerprint density at radius 1 is 1.14 bits per heavy atom. The largest absolute Gasteiger partial charge is 0.309 e. The van der Waals surface area contributed by atoms with Gasteiger partial charge in [-0.3, -0.25) is 0 Å². The highest BCUT2D eigenvalue weighted by atomic mass is 35.5. The molecule has 2 heteroatoms. The summed E-state index contributed by atoms with van der Waals surface area (Å²) in [4.78, 5) is 0. The second kappa shape index (κ2) is 5.59. The standard InChI is InChI=1S/C19H28ClN/c1-18(2)12-14-7-8-15(20)11-16(14)17(18)21-13-19(3)9-5-4-6-10-19/h7-8,11,17,21H,4-6,9-10,12-13H2,1-3H3. The number of hydrogen-bond acceptors (Lipinski definition) is 1. The Balaban J connectivity index is 1.76. The third-order valence-corrected chi connectivity index (χ3v) is 5.88. The van der Waals surface area contributed by atoms with Crippen LogP contribution in [-0.4, -0.2) is 6.54 Å². The van der Waals surface area contributed by atoms with E-state index in [9.17, 15) is 0 Å². The smallest absolute Gasteiger partial charge is 0.0409 e. The summed E-state index contributed by atoms with van der Waals surface area (Å²) in [5.41, 5.74) is 3.65. The van der Waals surface area contributed by atoms with Crippen molar-refractivity contribution < 1.29 is 0 Å². The molecule has 1 fully saturated rings. The minimum absolute atomic E-state index is 0.276. The summed E-state index contributed by atoms with van der Waals surface area (Å²) in [6.45, 7) is 8.34. The maximum absolute atomic E-state index is 6.23. The normalized spacial score (nSPS) is 26.6. The van der Waals surface area contributed by atoms with Gasteiger partial charge >= 0.3 is 0 Å². The summed E-state index contributed by atoms with van der Waals surface area (Å²) in [6.07, 6.45) is 8.10. The van der Waals surface area contributed by atoms with E-state index in [4.69, 9.17) is 11.6 Å². The summed E-state index contributed by atoms with van der Waals surface area (Å²) in [7, 11) is 0. The summed E-state index contributed by atoms with van der Waals surface area (Å²) in [6, 6.07) is 6.85. The van der Waals surface area contributed by atoms with Gasteiger partial charge in [0.2, 0.25) is 0 Å². The molecule has 116 valence electrons. The fraction of sp³-hybridized carbons (Fsp3) is 0.684. The third kappa shape index (κ3) is 3.14. The van der Waals surface area contributed by atoms with E-state index in [1.54, 1.807) is 0 Å². The second-order valence-corrected chi connectivity index (χ2v) is 8.63. The molecule has 0 heterocycles. The van der Waals surface area contributed by atoms with Crippen LogP contribution in [0.5, 0.6) is 0 Å². The molecule has 1 unspecified atom stereocenters. The van der Waals surface area contributed by atoms with Gasteiger partial charge in [-0.15, -0.1) is 0 Å². The predicted molar refractivity (Wildman–Crippen MR) is 90.9 cm³/mol. The van der Waals surface area contributed by atoms with E-state index in [0.29, 0.717) is 11.5 Å². The predicted octanol–water partition coefficient (Wildman–Crippen LogP) is 5.52. The maximum Gasteiger partial charge on any atom is 0.0409 e. The Hall–Kier alpha value is -0.530. The van der Waals surface area contributed by atoms with Crippen molar-refractivity contribution in [2.75, 3.05) is 6.54 Å². The zero-order valence-corrected chi connectivity index (χ0v) is 14.4. The number of hydrogen-bond donors (Lipinski definition) is 1. The van der Waals surface area contributed by atoms with Crippen LogP contribution in [0.3, 0.4) is 0 Å². The molecule has 2 aliphatic carbocycles. The lowest BCUT2D eigenvalue weighted by Crippen LogP contribution is -2.39. The molecule has 0 spiro atoms. The van der Waals surface area contributed by atoms with Gasteiger partial charge in [0.1, 0.15) is 0 Å². The lowest BCUT2D eigenvalue weighted by atomic mass is 9.75. The molecule has 1 saturated carbocycles. The molecule has 3 rings (SSSR count). The van der Waals surface area contributed by atoms with Crippen molar-refractivity contribution in [3.8, 4) is 0 Å². The van der Waals surface area contributed by atoms with Crippen molar-refractivity contribution >= 4 is 11.6 Å². The van der Waals surface area contributed by atoms with E-state index >= 15 is 0 Å². The molecule has 0 bridgehead atoms. The van der Waals surface area contributed by atoms with Gasteiger partial charge in [-0.05, 0) is 53.4 Å². The quantitative estimate of drug-likeness (QED) is 0.775. The van der Waals surface area contributed by atoms with Crippen molar-refractivity contribution in [2.45, 2.75) is 65.3 Å². The minimum Gasteiger partial charge on any atom is -0.309 e. The van der Waals surface area contributed by atoms with Crippen LogP contribution in [-0.2, 0) is 6.42 Å². The molecule has 1 nitrogen and oxygen atoms in total. The van der Waals surface area contributed by atoms with Gasteiger partial charge in [0.05, 0.1) is 0 Å². The molecular formula is C19H28ClN. The Morgan fingerprint density at radius 3 is 2.57 bits per heavy atom. The highest BCUT2D eigenvalue weighted by Gasteiger charge is 2.40. The highest BCUT2D eigenvalue weighted by Crippen LogP contribution is 2.46. The van der Waals surface area contributed by atoms with Crippen LogP contribution in [0.1, 0.15) is 70.0 Å². The first kappa shape index (κ1) is 15.4. The van der Waals surface area contributed by atoms with E-state index in [1.165, 1.54) is 43.2 Å².